The van der Waals surface area contributed by atoms with Gasteiger partial charge in [0.05, 0.1) is 11.2 Å². The molecule has 0 unspecified atom stereocenters. The largest absolute Gasteiger partial charge is 0.491 e. The van der Waals surface area contributed by atoms with Gasteiger partial charge in [0.2, 0.25) is 0 Å². The van der Waals surface area contributed by atoms with E-state index in [4.69, 9.17) is 4.74 Å². The molecule has 0 aliphatic carbocycles. The number of pyridine rings is 1. The Kier molecular flexibility index (Phi) is 3.96. The first-order valence-corrected chi connectivity index (χ1v) is 6.79. The zero-order valence-corrected chi connectivity index (χ0v) is 11.4. The standard InChI is InChI=1S/C17H15FN2O/c18-14-6-1-2-7-16(14)20-11-12-21-17-9-3-8-15-13(17)5-4-10-19-15/h1-10,20H,11-12H2. The Morgan fingerprint density at radius 3 is 2.81 bits per heavy atom. The summed E-state index contributed by atoms with van der Waals surface area (Å²) in [6.07, 6.45) is 1.76. The third kappa shape index (κ3) is 3.11. The number of rotatable bonds is 5. The van der Waals surface area contributed by atoms with Crippen LogP contribution in [0.15, 0.2) is 60.8 Å². The summed E-state index contributed by atoms with van der Waals surface area (Å²) in [5, 5.41) is 3.99. The summed E-state index contributed by atoms with van der Waals surface area (Å²) in [5.41, 5.74) is 1.39. The normalized spacial score (nSPS) is 10.5. The Hall–Kier alpha value is -2.62. The van der Waals surface area contributed by atoms with E-state index in [1.807, 2.05) is 30.3 Å². The van der Waals surface area contributed by atoms with Crippen LogP contribution in [0, 0.1) is 5.82 Å². The molecule has 0 fully saturated rings. The smallest absolute Gasteiger partial charge is 0.146 e. The fourth-order valence-corrected chi connectivity index (χ4v) is 2.15. The highest BCUT2D eigenvalue weighted by atomic mass is 19.1. The van der Waals surface area contributed by atoms with Crippen molar-refractivity contribution in [3.8, 4) is 5.75 Å². The van der Waals surface area contributed by atoms with Gasteiger partial charge >= 0.3 is 0 Å². The molecule has 106 valence electrons. The molecule has 0 bridgehead atoms. The molecule has 3 nitrogen and oxygen atoms in total. The summed E-state index contributed by atoms with van der Waals surface area (Å²) in [6, 6.07) is 16.2. The molecular formula is C17H15FN2O. The van der Waals surface area contributed by atoms with E-state index in [2.05, 4.69) is 10.3 Å². The topological polar surface area (TPSA) is 34.1 Å². The number of hydrogen-bond acceptors (Lipinski definition) is 3. The van der Waals surface area contributed by atoms with Crippen molar-refractivity contribution in [3.63, 3.8) is 0 Å². The van der Waals surface area contributed by atoms with Gasteiger partial charge in [0.1, 0.15) is 18.2 Å². The van der Waals surface area contributed by atoms with Crippen molar-refractivity contribution in [3.05, 3.63) is 66.6 Å². The molecule has 0 spiro atoms. The predicted octanol–water partition coefficient (Wildman–Crippen LogP) is 3.86. The van der Waals surface area contributed by atoms with Gasteiger partial charge in [-0.25, -0.2) is 4.39 Å². The molecule has 21 heavy (non-hydrogen) atoms. The van der Waals surface area contributed by atoms with Gasteiger partial charge < -0.3 is 10.1 Å². The molecule has 1 aromatic heterocycles. The number of fused-ring (bicyclic) bond motifs is 1. The highest BCUT2D eigenvalue weighted by Gasteiger charge is 2.02. The fourth-order valence-electron chi connectivity index (χ4n) is 2.15. The summed E-state index contributed by atoms with van der Waals surface area (Å²) in [6.45, 7) is 0.972. The zero-order chi connectivity index (χ0) is 14.5. The van der Waals surface area contributed by atoms with Gasteiger partial charge in [0.25, 0.3) is 0 Å². The fraction of sp³-hybridized carbons (Fsp3) is 0.118. The van der Waals surface area contributed by atoms with Gasteiger partial charge in [0.15, 0.2) is 0 Å². The minimum absolute atomic E-state index is 0.258. The van der Waals surface area contributed by atoms with Crippen LogP contribution in [0.4, 0.5) is 10.1 Å². The SMILES string of the molecule is Fc1ccccc1NCCOc1cccc2ncccc12. The first kappa shape index (κ1) is 13.4. The van der Waals surface area contributed by atoms with E-state index in [-0.39, 0.29) is 5.82 Å². The summed E-state index contributed by atoms with van der Waals surface area (Å²) in [5.74, 6) is 0.530. The first-order chi connectivity index (χ1) is 10.3. The lowest BCUT2D eigenvalue weighted by Crippen LogP contribution is -2.12. The van der Waals surface area contributed by atoms with Crippen LogP contribution in [0.2, 0.25) is 0 Å². The first-order valence-electron chi connectivity index (χ1n) is 6.79. The van der Waals surface area contributed by atoms with Gasteiger partial charge in [-0.15, -0.1) is 0 Å². The second kappa shape index (κ2) is 6.22. The Morgan fingerprint density at radius 1 is 1.00 bits per heavy atom. The van der Waals surface area contributed by atoms with E-state index in [1.54, 1.807) is 24.4 Å². The summed E-state index contributed by atoms with van der Waals surface area (Å²) < 4.78 is 19.2. The van der Waals surface area contributed by atoms with Crippen molar-refractivity contribution in [1.29, 1.82) is 0 Å². The minimum atomic E-state index is -0.258. The maximum Gasteiger partial charge on any atom is 0.146 e. The van der Waals surface area contributed by atoms with Gasteiger partial charge in [-0.05, 0) is 36.4 Å². The van der Waals surface area contributed by atoms with Crippen LogP contribution in [0.1, 0.15) is 0 Å². The van der Waals surface area contributed by atoms with Crippen molar-refractivity contribution in [1.82, 2.24) is 4.98 Å². The number of halogens is 1. The second-order valence-corrected chi connectivity index (χ2v) is 4.58. The van der Waals surface area contributed by atoms with E-state index < -0.39 is 0 Å². The molecular weight excluding hydrogens is 267 g/mol. The lowest BCUT2D eigenvalue weighted by molar-refractivity contribution is 0.336. The van der Waals surface area contributed by atoms with Gasteiger partial charge in [-0.3, -0.25) is 4.98 Å². The average Bonchev–Trinajstić information content (AvgIpc) is 2.53. The molecule has 0 saturated carbocycles. The van der Waals surface area contributed by atoms with Crippen LogP contribution < -0.4 is 10.1 Å². The lowest BCUT2D eigenvalue weighted by atomic mass is 10.2. The molecule has 3 rings (SSSR count). The summed E-state index contributed by atoms with van der Waals surface area (Å²) >= 11 is 0. The number of ether oxygens (including phenoxy) is 1. The van der Waals surface area contributed by atoms with Crippen LogP contribution in [0.3, 0.4) is 0 Å². The van der Waals surface area contributed by atoms with Gasteiger partial charge in [-0.2, -0.15) is 0 Å². The Bertz CT molecular complexity index is 740. The number of aromatic nitrogens is 1. The van der Waals surface area contributed by atoms with Crippen LogP contribution in [0.5, 0.6) is 5.75 Å². The summed E-state index contributed by atoms with van der Waals surface area (Å²) in [4.78, 5) is 4.28. The molecule has 4 heteroatoms. The van der Waals surface area contributed by atoms with E-state index in [0.29, 0.717) is 18.8 Å². The van der Waals surface area contributed by atoms with Crippen LogP contribution in [-0.2, 0) is 0 Å². The molecule has 0 radical (unpaired) electrons. The molecule has 0 aliphatic rings. The summed E-state index contributed by atoms with van der Waals surface area (Å²) in [7, 11) is 0. The maximum atomic E-state index is 13.4. The maximum absolute atomic E-state index is 13.4. The minimum Gasteiger partial charge on any atom is -0.491 e. The lowest BCUT2D eigenvalue weighted by Gasteiger charge is -2.10. The third-order valence-corrected chi connectivity index (χ3v) is 3.15. The average molecular weight is 282 g/mol. The number of anilines is 1. The quantitative estimate of drug-likeness (QED) is 0.721. The van der Waals surface area contributed by atoms with Crippen molar-refractivity contribution in [2.75, 3.05) is 18.5 Å². The van der Waals surface area contributed by atoms with E-state index in [9.17, 15) is 4.39 Å². The second-order valence-electron chi connectivity index (χ2n) is 4.58. The number of para-hydroxylation sites is 1. The van der Waals surface area contributed by atoms with Crippen molar-refractivity contribution in [2.24, 2.45) is 0 Å². The highest BCUT2D eigenvalue weighted by Crippen LogP contribution is 2.23. The molecule has 1 heterocycles. The zero-order valence-electron chi connectivity index (χ0n) is 11.4. The molecule has 2 aromatic carbocycles. The molecule has 0 amide bonds. The highest BCUT2D eigenvalue weighted by molar-refractivity contribution is 5.84. The Balaban J connectivity index is 1.61. The monoisotopic (exact) mass is 282 g/mol. The van der Waals surface area contributed by atoms with Crippen LogP contribution in [0.25, 0.3) is 10.9 Å². The third-order valence-electron chi connectivity index (χ3n) is 3.15. The Morgan fingerprint density at radius 2 is 1.90 bits per heavy atom. The molecule has 1 N–H and O–H groups in total. The van der Waals surface area contributed by atoms with Crippen LogP contribution >= 0.6 is 0 Å². The van der Waals surface area contributed by atoms with Crippen molar-refractivity contribution < 1.29 is 9.13 Å². The number of hydrogen-bond donors (Lipinski definition) is 1. The number of nitrogens with zero attached hydrogens (tertiary/aromatic N) is 1. The van der Waals surface area contributed by atoms with Crippen molar-refractivity contribution >= 4 is 16.6 Å². The number of benzene rings is 2. The molecule has 0 saturated heterocycles. The van der Waals surface area contributed by atoms with E-state index in [0.717, 1.165) is 16.7 Å². The molecule has 0 aliphatic heterocycles. The van der Waals surface area contributed by atoms with Crippen LogP contribution in [-0.4, -0.2) is 18.1 Å². The van der Waals surface area contributed by atoms with Crippen molar-refractivity contribution in [2.45, 2.75) is 0 Å². The van der Waals surface area contributed by atoms with E-state index >= 15 is 0 Å². The van der Waals surface area contributed by atoms with Gasteiger partial charge in [0, 0.05) is 18.1 Å². The van der Waals surface area contributed by atoms with E-state index in [1.165, 1.54) is 6.07 Å². The molecule has 0 atom stereocenters. The predicted molar refractivity (Wildman–Crippen MR) is 82.1 cm³/mol. The number of nitrogens with one attached hydrogen (secondary N) is 1. The Labute approximate surface area is 122 Å². The van der Waals surface area contributed by atoms with Gasteiger partial charge in [-0.1, -0.05) is 18.2 Å². The molecule has 3 aromatic rings.